The van der Waals surface area contributed by atoms with Crippen LogP contribution in [0.3, 0.4) is 0 Å². The molecule has 2 heterocycles. The lowest BCUT2D eigenvalue weighted by atomic mass is 10.1. The Morgan fingerprint density at radius 1 is 1.00 bits per heavy atom. The van der Waals surface area contributed by atoms with Crippen molar-refractivity contribution in [1.29, 1.82) is 0 Å². The van der Waals surface area contributed by atoms with Crippen molar-refractivity contribution in [3.05, 3.63) is 65.8 Å². The summed E-state index contributed by atoms with van der Waals surface area (Å²) in [7, 11) is 2.04. The van der Waals surface area contributed by atoms with Crippen LogP contribution in [0.2, 0.25) is 5.02 Å². The number of aryl methyl sites for hydroxylation is 1. The van der Waals surface area contributed by atoms with E-state index in [2.05, 4.69) is 29.0 Å². The lowest BCUT2D eigenvalue weighted by molar-refractivity contribution is 0.969. The lowest BCUT2D eigenvalue weighted by Gasteiger charge is -2.02. The molecule has 0 amide bonds. The molecule has 3 heteroatoms. The van der Waals surface area contributed by atoms with Crippen molar-refractivity contribution in [3.63, 3.8) is 0 Å². The van der Waals surface area contributed by atoms with Crippen LogP contribution >= 0.6 is 11.6 Å². The topological polar surface area (TPSA) is 17.8 Å². The highest BCUT2D eigenvalue weighted by atomic mass is 35.5. The van der Waals surface area contributed by atoms with Gasteiger partial charge in [-0.2, -0.15) is 0 Å². The summed E-state index contributed by atoms with van der Waals surface area (Å²) < 4.78 is 2.11. The number of pyridine rings is 1. The minimum atomic E-state index is 0.746. The van der Waals surface area contributed by atoms with Crippen molar-refractivity contribution in [2.45, 2.75) is 0 Å². The van der Waals surface area contributed by atoms with Crippen molar-refractivity contribution < 1.29 is 0 Å². The van der Waals surface area contributed by atoms with Crippen LogP contribution in [0.5, 0.6) is 0 Å². The lowest BCUT2D eigenvalue weighted by Crippen LogP contribution is -1.84. The fourth-order valence-electron chi connectivity index (χ4n) is 2.78. The van der Waals surface area contributed by atoms with Gasteiger partial charge in [-0.3, -0.25) is 0 Å². The number of nitrogens with zero attached hydrogens (tertiary/aromatic N) is 2. The Morgan fingerprint density at radius 3 is 2.76 bits per heavy atom. The molecule has 2 nitrogen and oxygen atoms in total. The number of aromatic nitrogens is 2. The largest absolute Gasteiger partial charge is 0.350 e. The number of fused-ring (bicyclic) bond motifs is 2. The average molecular weight is 293 g/mol. The van der Waals surface area contributed by atoms with Crippen molar-refractivity contribution in [3.8, 4) is 11.3 Å². The Labute approximate surface area is 127 Å². The molecule has 2 aromatic heterocycles. The van der Waals surface area contributed by atoms with E-state index in [4.69, 9.17) is 16.6 Å². The number of rotatable bonds is 1. The molecule has 0 aliphatic rings. The molecule has 0 N–H and O–H groups in total. The van der Waals surface area contributed by atoms with Crippen LogP contribution in [-0.2, 0) is 7.05 Å². The summed E-state index contributed by atoms with van der Waals surface area (Å²) in [6.07, 6.45) is 2.11. The van der Waals surface area contributed by atoms with Gasteiger partial charge >= 0.3 is 0 Å². The van der Waals surface area contributed by atoms with Crippen LogP contribution in [0.4, 0.5) is 0 Å². The first-order valence-corrected chi connectivity index (χ1v) is 7.21. The van der Waals surface area contributed by atoms with Crippen LogP contribution in [0, 0.1) is 0 Å². The third kappa shape index (κ3) is 1.99. The summed E-state index contributed by atoms with van der Waals surface area (Å²) in [6, 6.07) is 18.3. The maximum Gasteiger partial charge on any atom is 0.0731 e. The average Bonchev–Trinajstić information content (AvgIpc) is 2.83. The first-order chi connectivity index (χ1) is 10.2. The SMILES string of the molecule is Cn1cc(-c2ccc3ccccc3n2)c2cc(Cl)ccc21. The van der Waals surface area contributed by atoms with E-state index in [9.17, 15) is 0 Å². The van der Waals surface area contributed by atoms with Crippen molar-refractivity contribution >= 4 is 33.4 Å². The van der Waals surface area contributed by atoms with Gasteiger partial charge in [-0.25, -0.2) is 4.98 Å². The summed E-state index contributed by atoms with van der Waals surface area (Å²) >= 11 is 6.15. The first-order valence-electron chi connectivity index (χ1n) is 6.83. The molecule has 0 fully saturated rings. The van der Waals surface area contributed by atoms with Crippen molar-refractivity contribution in [2.24, 2.45) is 7.05 Å². The van der Waals surface area contributed by atoms with Gasteiger partial charge in [-0.1, -0.05) is 35.9 Å². The highest BCUT2D eigenvalue weighted by Crippen LogP contribution is 2.31. The van der Waals surface area contributed by atoms with E-state index in [0.29, 0.717) is 0 Å². The molecule has 0 saturated carbocycles. The van der Waals surface area contributed by atoms with Gasteiger partial charge in [0.1, 0.15) is 0 Å². The molecule has 102 valence electrons. The van der Waals surface area contributed by atoms with E-state index in [1.807, 2.05) is 43.4 Å². The number of benzene rings is 2. The second-order valence-corrected chi connectivity index (χ2v) is 5.64. The molecular weight excluding hydrogens is 280 g/mol. The predicted octanol–water partition coefficient (Wildman–Crippen LogP) is 5.05. The van der Waals surface area contributed by atoms with Crippen LogP contribution in [0.15, 0.2) is 60.8 Å². The van der Waals surface area contributed by atoms with Crippen molar-refractivity contribution in [2.75, 3.05) is 0 Å². The molecule has 0 aliphatic heterocycles. The third-order valence-electron chi connectivity index (χ3n) is 3.83. The van der Waals surface area contributed by atoms with Gasteiger partial charge in [0.25, 0.3) is 0 Å². The Bertz CT molecular complexity index is 969. The number of hydrogen-bond donors (Lipinski definition) is 0. The molecule has 0 aliphatic carbocycles. The Kier molecular flexibility index (Phi) is 2.72. The fraction of sp³-hybridized carbons (Fsp3) is 0.0556. The van der Waals surface area contributed by atoms with Gasteiger partial charge in [0.05, 0.1) is 11.2 Å². The van der Waals surface area contributed by atoms with E-state index in [-0.39, 0.29) is 0 Å². The van der Waals surface area contributed by atoms with Gasteiger partial charge in [0, 0.05) is 40.1 Å². The maximum absolute atomic E-state index is 6.15. The van der Waals surface area contributed by atoms with E-state index in [1.54, 1.807) is 0 Å². The summed E-state index contributed by atoms with van der Waals surface area (Å²) in [6.45, 7) is 0. The molecule has 4 rings (SSSR count). The predicted molar refractivity (Wildman–Crippen MR) is 88.7 cm³/mol. The van der Waals surface area contributed by atoms with Gasteiger partial charge in [0.15, 0.2) is 0 Å². The van der Waals surface area contributed by atoms with Crippen molar-refractivity contribution in [1.82, 2.24) is 9.55 Å². The fourth-order valence-corrected chi connectivity index (χ4v) is 2.96. The minimum absolute atomic E-state index is 0.746. The quantitative estimate of drug-likeness (QED) is 0.480. The third-order valence-corrected chi connectivity index (χ3v) is 4.06. The Hall–Kier alpha value is -2.32. The molecule has 0 spiro atoms. The van der Waals surface area contributed by atoms with E-state index in [1.165, 1.54) is 0 Å². The van der Waals surface area contributed by atoms with E-state index >= 15 is 0 Å². The smallest absolute Gasteiger partial charge is 0.0731 e. The first kappa shape index (κ1) is 12.4. The standard InChI is InChI=1S/C18H13ClN2/c1-21-11-15(14-10-13(19)7-9-18(14)21)17-8-6-12-4-2-3-5-16(12)20-17/h2-11H,1H3. The minimum Gasteiger partial charge on any atom is -0.350 e. The second kappa shape index (κ2) is 4.61. The Morgan fingerprint density at radius 2 is 1.86 bits per heavy atom. The molecule has 0 radical (unpaired) electrons. The molecule has 0 unspecified atom stereocenters. The molecular formula is C18H13ClN2. The normalized spacial score (nSPS) is 11.3. The van der Waals surface area contributed by atoms with Crippen LogP contribution in [0.25, 0.3) is 33.1 Å². The summed E-state index contributed by atoms with van der Waals surface area (Å²) in [5.41, 5.74) is 4.25. The zero-order valence-electron chi connectivity index (χ0n) is 11.5. The van der Waals surface area contributed by atoms with Crippen LogP contribution in [0.1, 0.15) is 0 Å². The molecule has 0 atom stereocenters. The number of hydrogen-bond acceptors (Lipinski definition) is 1. The molecule has 2 aromatic carbocycles. The maximum atomic E-state index is 6.15. The molecule has 0 bridgehead atoms. The second-order valence-electron chi connectivity index (χ2n) is 5.20. The monoisotopic (exact) mass is 292 g/mol. The number of para-hydroxylation sites is 1. The summed E-state index contributed by atoms with van der Waals surface area (Å²) in [5, 5.41) is 3.03. The summed E-state index contributed by atoms with van der Waals surface area (Å²) in [4.78, 5) is 4.78. The summed E-state index contributed by atoms with van der Waals surface area (Å²) in [5.74, 6) is 0. The van der Waals surface area contributed by atoms with Crippen LogP contribution in [-0.4, -0.2) is 9.55 Å². The van der Waals surface area contributed by atoms with Gasteiger partial charge in [-0.05, 0) is 30.3 Å². The zero-order chi connectivity index (χ0) is 14.4. The van der Waals surface area contributed by atoms with Gasteiger partial charge < -0.3 is 4.57 Å². The van der Waals surface area contributed by atoms with E-state index < -0.39 is 0 Å². The molecule has 0 saturated heterocycles. The van der Waals surface area contributed by atoms with Crippen LogP contribution < -0.4 is 0 Å². The highest BCUT2D eigenvalue weighted by molar-refractivity contribution is 6.31. The molecule has 4 aromatic rings. The number of halogens is 1. The molecule has 21 heavy (non-hydrogen) atoms. The van der Waals surface area contributed by atoms with Gasteiger partial charge in [-0.15, -0.1) is 0 Å². The van der Waals surface area contributed by atoms with E-state index in [0.717, 1.165) is 38.1 Å². The van der Waals surface area contributed by atoms with Gasteiger partial charge in [0.2, 0.25) is 0 Å². The zero-order valence-corrected chi connectivity index (χ0v) is 12.3. The Balaban J connectivity index is 2.01. The highest BCUT2D eigenvalue weighted by Gasteiger charge is 2.10.